The molecule has 8 rings (SSSR count). The minimum absolute atomic E-state index is 0.00824. The van der Waals surface area contributed by atoms with Gasteiger partial charge in [-0.15, -0.1) is 20.2 Å². The van der Waals surface area contributed by atoms with Gasteiger partial charge in [0, 0.05) is 43.1 Å². The van der Waals surface area contributed by atoms with E-state index in [4.69, 9.17) is 42.8 Å². The van der Waals surface area contributed by atoms with Crippen molar-refractivity contribution in [2.24, 2.45) is 34.5 Å². The van der Waals surface area contributed by atoms with Crippen molar-refractivity contribution in [1.82, 2.24) is 0 Å². The Morgan fingerprint density at radius 3 is 2.00 bits per heavy atom. The van der Waals surface area contributed by atoms with Crippen LogP contribution in [-0.4, -0.2) is 135 Å². The van der Waals surface area contributed by atoms with Gasteiger partial charge in [0.1, 0.15) is 37.1 Å². The Morgan fingerprint density at radius 1 is 0.738 bits per heavy atom. The first-order chi connectivity index (χ1) is 28.8. The largest absolute Gasteiger partial charge is 0.458 e. The van der Waals surface area contributed by atoms with E-state index in [1.165, 1.54) is 6.08 Å². The van der Waals surface area contributed by atoms with Crippen molar-refractivity contribution >= 4 is 5.97 Å². The number of hydrogen-bond acceptors (Lipinski definition) is 18. The van der Waals surface area contributed by atoms with Crippen LogP contribution in [0.3, 0.4) is 0 Å². The molecule has 0 spiro atoms. The first-order valence-electron chi connectivity index (χ1n) is 22.0. The summed E-state index contributed by atoms with van der Waals surface area (Å²) in [5.74, 6) is -0.750. The van der Waals surface area contributed by atoms with Gasteiger partial charge in [0.15, 0.2) is 18.9 Å². The SMILES string of the molecule is C[C@H]1O[C@@H](O[C@H]2[C@@H](O)C[C@H](O[C@H]3[C@@H](O[N+](=O)[O-])C[C@H](O[C@H]4CC[C@@]5(C)[C@H](CC[C@@H]6[C@@H]5CC[C@]5(C)[C@@H](C7=CC(=O)OC7)[C@@H](O[N+](=O)[O-])C[C@]65O)C4)O[C@@H]3C)O[C@@H]2C)C[C@H](O)[C@@H]1O. The van der Waals surface area contributed by atoms with Gasteiger partial charge in [0.25, 0.3) is 10.2 Å². The number of carbonyl (C=O) groups excluding carboxylic acids is 1. The molecule has 0 radical (unpaired) electrons. The molecule has 0 aromatic rings. The maximum atomic E-state index is 12.8. The molecule has 0 amide bonds. The Hall–Kier alpha value is -2.79. The summed E-state index contributed by atoms with van der Waals surface area (Å²) in [6.07, 6.45) is -5.20. The van der Waals surface area contributed by atoms with E-state index >= 15 is 0 Å². The smallest absolute Gasteiger partial charge is 0.331 e. The Labute approximate surface area is 353 Å². The van der Waals surface area contributed by atoms with E-state index in [-0.39, 0.29) is 61.6 Å². The molecule has 0 unspecified atom stereocenters. The number of rotatable bonds is 11. The number of ether oxygens (including phenoxy) is 7. The molecule has 20 nitrogen and oxygen atoms in total. The van der Waals surface area contributed by atoms with Gasteiger partial charge >= 0.3 is 5.97 Å². The molecule has 4 aliphatic carbocycles. The van der Waals surface area contributed by atoms with E-state index in [1.54, 1.807) is 20.8 Å². The van der Waals surface area contributed by atoms with Crippen LogP contribution in [0, 0.1) is 54.7 Å². The van der Waals surface area contributed by atoms with Gasteiger partial charge in [-0.2, -0.15) is 0 Å². The van der Waals surface area contributed by atoms with Gasteiger partial charge in [0.05, 0.1) is 42.2 Å². The van der Waals surface area contributed by atoms with Gasteiger partial charge in [0.2, 0.25) is 0 Å². The van der Waals surface area contributed by atoms with E-state index in [0.29, 0.717) is 18.4 Å². The fraction of sp³-hybridized carbons (Fsp3) is 0.927. The number of nitrogens with zero attached hydrogens (tertiary/aromatic N) is 2. The van der Waals surface area contributed by atoms with Crippen LogP contribution in [0.25, 0.3) is 0 Å². The minimum Gasteiger partial charge on any atom is -0.458 e. The summed E-state index contributed by atoms with van der Waals surface area (Å²) in [6, 6.07) is 0. The first-order valence-corrected chi connectivity index (χ1v) is 22.0. The molecule has 20 heteroatoms. The van der Waals surface area contributed by atoms with Crippen LogP contribution in [0.1, 0.15) is 105 Å². The summed E-state index contributed by atoms with van der Waals surface area (Å²) in [7, 11) is 0. The number of esters is 1. The van der Waals surface area contributed by atoms with E-state index < -0.39 is 113 Å². The highest BCUT2D eigenvalue weighted by Gasteiger charge is 2.71. The molecule has 7 fully saturated rings. The molecule has 4 N–H and O–H groups in total. The van der Waals surface area contributed by atoms with Crippen molar-refractivity contribution in [2.75, 3.05) is 6.61 Å². The van der Waals surface area contributed by atoms with E-state index in [0.717, 1.165) is 32.1 Å². The molecule has 4 heterocycles. The third-order valence-electron chi connectivity index (χ3n) is 16.2. The Bertz CT molecular complexity index is 1660. The zero-order chi connectivity index (χ0) is 43.8. The molecule has 3 saturated heterocycles. The Balaban J connectivity index is 0.882. The lowest BCUT2D eigenvalue weighted by atomic mass is 9.43. The lowest BCUT2D eigenvalue weighted by Gasteiger charge is -2.63. The van der Waals surface area contributed by atoms with Crippen molar-refractivity contribution in [1.29, 1.82) is 0 Å². The molecule has 0 bridgehead atoms. The average molecular weight is 871 g/mol. The van der Waals surface area contributed by atoms with Crippen LogP contribution in [0.4, 0.5) is 0 Å². The summed E-state index contributed by atoms with van der Waals surface area (Å²) in [5.41, 5.74) is -1.51. The number of fused-ring (bicyclic) bond motifs is 5. The van der Waals surface area contributed by atoms with Crippen molar-refractivity contribution in [3.63, 3.8) is 0 Å². The van der Waals surface area contributed by atoms with E-state index in [9.17, 15) is 45.4 Å². The number of carbonyl (C=O) groups is 1. The minimum atomic E-state index is -1.25. The van der Waals surface area contributed by atoms with Crippen LogP contribution in [0.15, 0.2) is 11.6 Å². The Kier molecular flexibility index (Phi) is 12.5. The fourth-order valence-electron chi connectivity index (χ4n) is 13.2. The monoisotopic (exact) mass is 870 g/mol. The van der Waals surface area contributed by atoms with Gasteiger partial charge in [-0.05, 0) is 94.5 Å². The van der Waals surface area contributed by atoms with Gasteiger partial charge < -0.3 is 63.3 Å². The van der Waals surface area contributed by atoms with Gasteiger partial charge in [-0.3, -0.25) is 0 Å². The van der Waals surface area contributed by atoms with Crippen molar-refractivity contribution < 1.29 is 78.2 Å². The summed E-state index contributed by atoms with van der Waals surface area (Å²) in [5, 5.41) is 65.8. The predicted molar refractivity (Wildman–Crippen MR) is 204 cm³/mol. The molecule has 344 valence electrons. The van der Waals surface area contributed by atoms with Gasteiger partial charge in [-0.1, -0.05) is 13.8 Å². The zero-order valence-corrected chi connectivity index (χ0v) is 35.4. The molecule has 61 heavy (non-hydrogen) atoms. The second-order valence-corrected chi connectivity index (χ2v) is 19.5. The summed E-state index contributed by atoms with van der Waals surface area (Å²) >= 11 is 0. The first kappa shape index (κ1) is 44.8. The lowest BCUT2D eigenvalue weighted by Crippen LogP contribution is -2.62. The zero-order valence-electron chi connectivity index (χ0n) is 35.4. The molecule has 21 atom stereocenters. The molecular formula is C41H62N2O18. The predicted octanol–water partition coefficient (Wildman–Crippen LogP) is 2.65. The molecular weight excluding hydrogens is 808 g/mol. The second-order valence-electron chi connectivity index (χ2n) is 19.5. The third-order valence-corrected chi connectivity index (χ3v) is 16.2. The maximum Gasteiger partial charge on any atom is 0.331 e. The average Bonchev–Trinajstić information content (AvgIpc) is 3.69. The highest BCUT2D eigenvalue weighted by Crippen LogP contribution is 2.70. The van der Waals surface area contributed by atoms with Crippen LogP contribution in [0.5, 0.6) is 0 Å². The third kappa shape index (κ3) is 8.27. The summed E-state index contributed by atoms with van der Waals surface area (Å²) in [6.45, 7) is 9.34. The normalized spacial score (nSPS) is 51.0. The van der Waals surface area contributed by atoms with Crippen LogP contribution >= 0.6 is 0 Å². The van der Waals surface area contributed by atoms with E-state index in [1.807, 2.05) is 6.92 Å². The van der Waals surface area contributed by atoms with Crippen LogP contribution in [0.2, 0.25) is 0 Å². The number of aliphatic hydroxyl groups excluding tert-OH is 3. The highest BCUT2D eigenvalue weighted by molar-refractivity contribution is 5.85. The quantitative estimate of drug-likeness (QED) is 0.101. The van der Waals surface area contributed by atoms with Crippen LogP contribution < -0.4 is 0 Å². The molecule has 4 saturated carbocycles. The van der Waals surface area contributed by atoms with Gasteiger partial charge in [-0.25, -0.2) is 4.79 Å². The topological polar surface area (TPSA) is 267 Å². The lowest BCUT2D eigenvalue weighted by molar-refractivity contribution is -0.773. The number of cyclic esters (lactones) is 1. The summed E-state index contributed by atoms with van der Waals surface area (Å²) < 4.78 is 42.0. The summed E-state index contributed by atoms with van der Waals surface area (Å²) in [4.78, 5) is 45.9. The maximum absolute atomic E-state index is 12.8. The molecule has 4 aliphatic heterocycles. The number of hydrogen-bond donors (Lipinski definition) is 4. The Morgan fingerprint density at radius 2 is 1.36 bits per heavy atom. The number of aliphatic hydroxyl groups is 4. The fourth-order valence-corrected chi connectivity index (χ4v) is 13.2. The van der Waals surface area contributed by atoms with Crippen molar-refractivity contribution in [2.45, 2.75) is 197 Å². The van der Waals surface area contributed by atoms with Crippen molar-refractivity contribution in [3.8, 4) is 0 Å². The standard InChI is InChI=1S/C41H62N2O18/c1-19-36(47)27(44)14-32(54-19)58-37-20(2)55-33(15-28(37)45)59-38-21(3)56-34(16-29(38)60-42(49)50)57-24-8-10-39(4)23(13-24)6-7-26-25(39)9-11-40(5)35(22-12-31(46)53-18-22)30(61-43(51)52)17-41(26,40)48/h12,19-21,23-30,32-38,44-45,47-48H,6-11,13-18H2,1-5H3/t19-,20-,21-,23-,24+,25+,26-,27+,28+,29+,30+,32+,33+,34+,35+,36-,37-,38-,39+,40-,41+/m1/s1. The van der Waals surface area contributed by atoms with Crippen molar-refractivity contribution in [3.05, 3.63) is 31.9 Å². The second kappa shape index (κ2) is 17.0. The van der Waals surface area contributed by atoms with E-state index in [2.05, 4.69) is 6.92 Å². The highest BCUT2D eigenvalue weighted by atomic mass is 17.0. The molecule has 0 aromatic heterocycles. The molecule has 0 aromatic carbocycles. The molecule has 8 aliphatic rings. The van der Waals surface area contributed by atoms with Crippen LogP contribution in [-0.2, 0) is 47.6 Å².